The first-order valence-corrected chi connectivity index (χ1v) is 6.06. The Hall–Kier alpha value is -1.88. The predicted molar refractivity (Wildman–Crippen MR) is 66.6 cm³/mol. The van der Waals surface area contributed by atoms with Gasteiger partial charge < -0.3 is 10.1 Å². The molecule has 1 N–H and O–H groups in total. The third-order valence-electron chi connectivity index (χ3n) is 3.24. The maximum absolute atomic E-state index is 11.7. The number of carbonyl (C=O) groups excluding carboxylic acids is 2. The maximum atomic E-state index is 11.7. The average Bonchev–Trinajstić information content (AvgIpc) is 2.38. The first-order valence-electron chi connectivity index (χ1n) is 6.06. The summed E-state index contributed by atoms with van der Waals surface area (Å²) in [5, 5.41) is 3.29. The average molecular weight is 246 g/mol. The van der Waals surface area contributed by atoms with Crippen molar-refractivity contribution in [2.45, 2.75) is 12.8 Å². The minimum Gasteiger partial charge on any atom is -0.385 e. The Bertz CT molecular complexity index is 497. The highest BCUT2D eigenvalue weighted by molar-refractivity contribution is 6.17. The summed E-state index contributed by atoms with van der Waals surface area (Å²) in [5.41, 5.74) is 2.88. The van der Waals surface area contributed by atoms with Gasteiger partial charge in [-0.15, -0.1) is 0 Å². The van der Waals surface area contributed by atoms with Gasteiger partial charge in [0, 0.05) is 12.2 Å². The minimum absolute atomic E-state index is 0.0315. The highest BCUT2D eigenvalue weighted by Gasteiger charge is 2.28. The molecule has 2 heterocycles. The first kappa shape index (κ1) is 11.2. The Morgan fingerprint density at radius 1 is 1.17 bits per heavy atom. The van der Waals surface area contributed by atoms with E-state index in [2.05, 4.69) is 5.32 Å². The van der Waals surface area contributed by atoms with E-state index in [0.29, 0.717) is 5.69 Å². The van der Waals surface area contributed by atoms with Crippen molar-refractivity contribution >= 4 is 23.2 Å². The summed E-state index contributed by atoms with van der Waals surface area (Å²) >= 11 is 0. The molecule has 2 aliphatic heterocycles. The quantitative estimate of drug-likeness (QED) is 0.749. The van der Waals surface area contributed by atoms with Gasteiger partial charge in [0.05, 0.1) is 5.69 Å². The lowest BCUT2D eigenvalue weighted by Gasteiger charge is -2.27. The third kappa shape index (κ3) is 1.86. The second-order valence-electron chi connectivity index (χ2n) is 4.49. The highest BCUT2D eigenvalue weighted by Crippen LogP contribution is 2.28. The SMILES string of the molecule is O=C1COCC(=O)N1c1ccc2c(c1)NCCC2. The van der Waals surface area contributed by atoms with E-state index in [1.807, 2.05) is 18.2 Å². The molecule has 0 radical (unpaired) electrons. The molecule has 1 saturated heterocycles. The van der Waals surface area contributed by atoms with E-state index in [0.717, 1.165) is 25.1 Å². The second kappa shape index (κ2) is 4.42. The molecule has 0 saturated carbocycles. The maximum Gasteiger partial charge on any atom is 0.259 e. The molecule has 1 aromatic rings. The van der Waals surface area contributed by atoms with Crippen molar-refractivity contribution in [1.29, 1.82) is 0 Å². The zero-order chi connectivity index (χ0) is 12.5. The van der Waals surface area contributed by atoms with Crippen LogP contribution in [0, 0.1) is 0 Å². The molecule has 5 heteroatoms. The van der Waals surface area contributed by atoms with E-state index in [9.17, 15) is 9.59 Å². The highest BCUT2D eigenvalue weighted by atomic mass is 16.5. The van der Waals surface area contributed by atoms with Crippen LogP contribution in [-0.4, -0.2) is 31.6 Å². The summed E-state index contributed by atoms with van der Waals surface area (Å²) in [4.78, 5) is 24.7. The summed E-state index contributed by atoms with van der Waals surface area (Å²) in [6.07, 6.45) is 2.15. The minimum atomic E-state index is -0.304. The Kier molecular flexibility index (Phi) is 2.76. The molecule has 2 amide bonds. The molecule has 0 unspecified atom stereocenters. The summed E-state index contributed by atoms with van der Waals surface area (Å²) in [6.45, 7) is 0.869. The number of nitrogens with one attached hydrogen (secondary N) is 1. The Labute approximate surface area is 105 Å². The van der Waals surface area contributed by atoms with E-state index in [1.54, 1.807) is 0 Å². The van der Waals surface area contributed by atoms with E-state index in [-0.39, 0.29) is 25.0 Å². The van der Waals surface area contributed by atoms with Gasteiger partial charge in [-0.2, -0.15) is 0 Å². The van der Waals surface area contributed by atoms with Crippen molar-refractivity contribution in [3.8, 4) is 0 Å². The molecule has 1 fully saturated rings. The number of morpholine rings is 1. The van der Waals surface area contributed by atoms with Crippen molar-refractivity contribution in [3.63, 3.8) is 0 Å². The van der Waals surface area contributed by atoms with Gasteiger partial charge >= 0.3 is 0 Å². The van der Waals surface area contributed by atoms with Crippen molar-refractivity contribution in [1.82, 2.24) is 0 Å². The zero-order valence-electron chi connectivity index (χ0n) is 9.94. The number of aryl methyl sites for hydroxylation is 1. The molecule has 94 valence electrons. The van der Waals surface area contributed by atoms with Crippen LogP contribution in [0.15, 0.2) is 18.2 Å². The van der Waals surface area contributed by atoms with Gasteiger partial charge in [0.1, 0.15) is 13.2 Å². The van der Waals surface area contributed by atoms with Crippen LogP contribution in [0.3, 0.4) is 0 Å². The lowest BCUT2D eigenvalue weighted by Crippen LogP contribution is -2.46. The monoisotopic (exact) mass is 246 g/mol. The van der Waals surface area contributed by atoms with Gasteiger partial charge in [-0.05, 0) is 30.5 Å². The molecular formula is C13H14N2O3. The molecule has 0 bridgehead atoms. The number of imide groups is 1. The molecule has 0 atom stereocenters. The smallest absolute Gasteiger partial charge is 0.259 e. The standard InChI is InChI=1S/C13H14N2O3/c16-12-7-18-8-13(17)15(12)10-4-3-9-2-1-5-14-11(9)6-10/h3-4,6,14H,1-2,5,7-8H2. The normalized spacial score (nSPS) is 19.4. The number of fused-ring (bicyclic) bond motifs is 1. The first-order chi connectivity index (χ1) is 8.75. The number of amides is 2. The number of hydrogen-bond acceptors (Lipinski definition) is 4. The number of benzene rings is 1. The molecule has 0 aromatic heterocycles. The number of carbonyl (C=O) groups is 2. The van der Waals surface area contributed by atoms with Crippen LogP contribution in [-0.2, 0) is 20.7 Å². The van der Waals surface area contributed by atoms with Gasteiger partial charge in [-0.1, -0.05) is 6.07 Å². The summed E-state index contributed by atoms with van der Waals surface area (Å²) in [6, 6.07) is 5.68. The van der Waals surface area contributed by atoms with E-state index in [1.165, 1.54) is 10.5 Å². The van der Waals surface area contributed by atoms with Crippen LogP contribution in [0.1, 0.15) is 12.0 Å². The van der Waals surface area contributed by atoms with E-state index < -0.39 is 0 Å². The molecule has 1 aromatic carbocycles. The van der Waals surface area contributed by atoms with Crippen LogP contribution in [0.2, 0.25) is 0 Å². The van der Waals surface area contributed by atoms with Gasteiger partial charge in [0.2, 0.25) is 0 Å². The zero-order valence-corrected chi connectivity index (χ0v) is 9.94. The van der Waals surface area contributed by atoms with E-state index >= 15 is 0 Å². The van der Waals surface area contributed by atoms with Gasteiger partial charge in [-0.25, -0.2) is 4.90 Å². The fourth-order valence-electron chi connectivity index (χ4n) is 2.37. The largest absolute Gasteiger partial charge is 0.385 e. The molecule has 0 spiro atoms. The van der Waals surface area contributed by atoms with E-state index in [4.69, 9.17) is 4.74 Å². The lowest BCUT2D eigenvalue weighted by atomic mass is 10.0. The Morgan fingerprint density at radius 2 is 1.94 bits per heavy atom. The van der Waals surface area contributed by atoms with Crippen LogP contribution in [0.5, 0.6) is 0 Å². The molecular weight excluding hydrogens is 232 g/mol. The van der Waals surface area contributed by atoms with Crippen molar-refractivity contribution < 1.29 is 14.3 Å². The van der Waals surface area contributed by atoms with Gasteiger partial charge in [-0.3, -0.25) is 9.59 Å². The summed E-state index contributed by atoms with van der Waals surface area (Å²) in [5.74, 6) is -0.607. The van der Waals surface area contributed by atoms with Gasteiger partial charge in [0.25, 0.3) is 11.8 Å². The number of rotatable bonds is 1. The van der Waals surface area contributed by atoms with Crippen LogP contribution in [0.25, 0.3) is 0 Å². The third-order valence-corrected chi connectivity index (χ3v) is 3.24. The summed E-state index contributed by atoms with van der Waals surface area (Å²) in [7, 11) is 0. The van der Waals surface area contributed by atoms with Crippen LogP contribution in [0.4, 0.5) is 11.4 Å². The van der Waals surface area contributed by atoms with Crippen LogP contribution >= 0.6 is 0 Å². The molecule has 0 aliphatic carbocycles. The number of nitrogens with zero attached hydrogens (tertiary/aromatic N) is 1. The Balaban J connectivity index is 1.96. The lowest BCUT2D eigenvalue weighted by molar-refractivity contribution is -0.138. The number of anilines is 2. The van der Waals surface area contributed by atoms with Gasteiger partial charge in [0.15, 0.2) is 0 Å². The van der Waals surface area contributed by atoms with Crippen molar-refractivity contribution in [3.05, 3.63) is 23.8 Å². The number of hydrogen-bond donors (Lipinski definition) is 1. The predicted octanol–water partition coefficient (Wildman–Crippen LogP) is 0.934. The fourth-order valence-corrected chi connectivity index (χ4v) is 2.37. The Morgan fingerprint density at radius 3 is 2.72 bits per heavy atom. The molecule has 18 heavy (non-hydrogen) atoms. The molecule has 3 rings (SSSR count). The molecule has 5 nitrogen and oxygen atoms in total. The van der Waals surface area contributed by atoms with Crippen molar-refractivity contribution in [2.75, 3.05) is 30.0 Å². The fraction of sp³-hybridized carbons (Fsp3) is 0.385. The summed E-state index contributed by atoms with van der Waals surface area (Å²) < 4.78 is 4.90. The molecule has 2 aliphatic rings. The number of ether oxygens (including phenoxy) is 1. The van der Waals surface area contributed by atoms with Crippen molar-refractivity contribution in [2.24, 2.45) is 0 Å². The topological polar surface area (TPSA) is 58.6 Å². The second-order valence-corrected chi connectivity index (χ2v) is 4.49. The van der Waals surface area contributed by atoms with Crippen LogP contribution < -0.4 is 10.2 Å².